The monoisotopic (exact) mass is 422 g/mol. The molecule has 0 saturated heterocycles. The van der Waals surface area contributed by atoms with Gasteiger partial charge in [-0.3, -0.25) is 9.59 Å². The third-order valence-corrected chi connectivity index (χ3v) is 5.59. The van der Waals surface area contributed by atoms with Crippen LogP contribution in [0.1, 0.15) is 44.1 Å². The van der Waals surface area contributed by atoms with Crippen LogP contribution in [-0.4, -0.2) is 42.7 Å². The number of para-hydroxylation sites is 1. The van der Waals surface area contributed by atoms with Crippen molar-refractivity contribution >= 4 is 28.8 Å². The van der Waals surface area contributed by atoms with Gasteiger partial charge in [-0.15, -0.1) is 0 Å². The summed E-state index contributed by atoms with van der Waals surface area (Å²) in [6.07, 6.45) is 9.54. The van der Waals surface area contributed by atoms with Crippen LogP contribution in [0.4, 0.5) is 0 Å². The van der Waals surface area contributed by atoms with E-state index in [1.165, 1.54) is 6.42 Å². The van der Waals surface area contributed by atoms with E-state index in [0.717, 1.165) is 48.6 Å². The van der Waals surface area contributed by atoms with Crippen LogP contribution in [0.2, 0.25) is 0 Å². The Morgan fingerprint density at radius 3 is 2.77 bits per heavy atom. The number of benzene rings is 1. The van der Waals surface area contributed by atoms with Crippen LogP contribution in [0, 0.1) is 11.3 Å². The summed E-state index contributed by atoms with van der Waals surface area (Å²) in [7, 11) is 1.63. The number of nitrogens with zero attached hydrogens (tertiary/aromatic N) is 2. The molecule has 31 heavy (non-hydrogen) atoms. The van der Waals surface area contributed by atoms with E-state index in [2.05, 4.69) is 10.6 Å². The molecule has 1 aliphatic rings. The van der Waals surface area contributed by atoms with Gasteiger partial charge in [-0.2, -0.15) is 5.26 Å². The molecule has 2 N–H and O–H groups in total. The molecule has 1 aromatic heterocycles. The molecule has 2 amide bonds. The topological polar surface area (TPSA) is 96.2 Å². The Kier molecular flexibility index (Phi) is 8.25. The maximum absolute atomic E-state index is 12.7. The van der Waals surface area contributed by atoms with Crippen LogP contribution >= 0.6 is 0 Å². The van der Waals surface area contributed by atoms with E-state index in [9.17, 15) is 14.9 Å². The number of methoxy groups -OCH3 is 1. The van der Waals surface area contributed by atoms with Crippen molar-refractivity contribution in [1.29, 1.82) is 5.26 Å². The maximum atomic E-state index is 12.7. The van der Waals surface area contributed by atoms with Crippen molar-refractivity contribution in [3.05, 3.63) is 41.6 Å². The Morgan fingerprint density at radius 1 is 1.26 bits per heavy atom. The molecule has 0 spiro atoms. The summed E-state index contributed by atoms with van der Waals surface area (Å²) < 4.78 is 6.84. The molecular formula is C24H30N4O3. The molecule has 7 heteroatoms. The van der Waals surface area contributed by atoms with E-state index < -0.39 is 0 Å². The molecule has 1 heterocycles. The molecule has 164 valence electrons. The third kappa shape index (κ3) is 6.19. The van der Waals surface area contributed by atoms with E-state index in [1.807, 2.05) is 41.1 Å². The Balaban J connectivity index is 1.77. The number of rotatable bonds is 9. The Morgan fingerprint density at radius 2 is 2.03 bits per heavy atom. The molecule has 3 rings (SSSR count). The lowest BCUT2D eigenvalue weighted by molar-refractivity contribution is -0.121. The molecule has 1 saturated carbocycles. The molecule has 7 nitrogen and oxygen atoms in total. The van der Waals surface area contributed by atoms with E-state index in [1.54, 1.807) is 13.2 Å². The van der Waals surface area contributed by atoms with Crippen LogP contribution in [0.15, 0.2) is 36.0 Å². The molecule has 0 aliphatic heterocycles. The lowest BCUT2D eigenvalue weighted by atomic mass is 9.95. The lowest BCUT2D eigenvalue weighted by Crippen LogP contribution is -2.36. The maximum Gasteiger partial charge on any atom is 0.262 e. The van der Waals surface area contributed by atoms with Crippen molar-refractivity contribution < 1.29 is 14.3 Å². The molecular weight excluding hydrogens is 392 g/mol. The lowest BCUT2D eigenvalue weighted by Gasteiger charge is -2.22. The fourth-order valence-corrected chi connectivity index (χ4v) is 3.99. The zero-order valence-corrected chi connectivity index (χ0v) is 18.0. The second-order valence-electron chi connectivity index (χ2n) is 7.90. The van der Waals surface area contributed by atoms with Crippen molar-refractivity contribution in [3.63, 3.8) is 0 Å². The number of fused-ring (bicyclic) bond motifs is 1. The summed E-state index contributed by atoms with van der Waals surface area (Å²) in [6.45, 7) is 1.32. The van der Waals surface area contributed by atoms with Gasteiger partial charge in [0.2, 0.25) is 5.91 Å². The number of carbonyl (C=O) groups excluding carboxylic acids is 2. The van der Waals surface area contributed by atoms with Gasteiger partial charge in [-0.1, -0.05) is 37.5 Å². The summed E-state index contributed by atoms with van der Waals surface area (Å²) in [6, 6.07) is 9.86. The fourth-order valence-electron chi connectivity index (χ4n) is 3.99. The fraction of sp³-hybridized carbons (Fsp3) is 0.458. The van der Waals surface area contributed by atoms with Gasteiger partial charge in [0, 0.05) is 49.0 Å². The molecule has 0 atom stereocenters. The first-order valence-corrected chi connectivity index (χ1v) is 10.9. The van der Waals surface area contributed by atoms with Crippen LogP contribution < -0.4 is 10.6 Å². The second-order valence-corrected chi connectivity index (χ2v) is 7.90. The summed E-state index contributed by atoms with van der Waals surface area (Å²) >= 11 is 0. The SMILES string of the molecule is COCCCNC(=O)Cn1cc(C=C(C#N)C(=O)NC2CCCCC2)c2ccccc21. The first-order chi connectivity index (χ1) is 15.1. The van der Waals surface area contributed by atoms with Gasteiger partial charge >= 0.3 is 0 Å². The van der Waals surface area contributed by atoms with E-state index in [4.69, 9.17) is 4.74 Å². The van der Waals surface area contributed by atoms with Gasteiger partial charge in [0.25, 0.3) is 5.91 Å². The first kappa shape index (κ1) is 22.6. The van der Waals surface area contributed by atoms with Crippen molar-refractivity contribution in [2.45, 2.75) is 51.1 Å². The van der Waals surface area contributed by atoms with Crippen LogP contribution in [-0.2, 0) is 20.9 Å². The Bertz CT molecular complexity index is 980. The minimum absolute atomic E-state index is 0.0810. The van der Waals surface area contributed by atoms with Gasteiger partial charge in [0.15, 0.2) is 0 Å². The van der Waals surface area contributed by atoms with Crippen LogP contribution in [0.5, 0.6) is 0 Å². The number of hydrogen-bond acceptors (Lipinski definition) is 4. The smallest absolute Gasteiger partial charge is 0.262 e. The van der Waals surface area contributed by atoms with Gasteiger partial charge in [0.05, 0.1) is 0 Å². The number of nitrogens with one attached hydrogen (secondary N) is 2. The molecule has 0 unspecified atom stereocenters. The van der Waals surface area contributed by atoms with Crippen molar-refractivity contribution in [2.75, 3.05) is 20.3 Å². The third-order valence-electron chi connectivity index (χ3n) is 5.59. The van der Waals surface area contributed by atoms with E-state index >= 15 is 0 Å². The average molecular weight is 423 g/mol. The van der Waals surface area contributed by atoms with Crippen LogP contribution in [0.25, 0.3) is 17.0 Å². The largest absolute Gasteiger partial charge is 0.385 e. The summed E-state index contributed by atoms with van der Waals surface area (Å²) in [4.78, 5) is 25.0. The van der Waals surface area contributed by atoms with Gasteiger partial charge < -0.3 is 19.9 Å². The number of carbonyl (C=O) groups is 2. The summed E-state index contributed by atoms with van der Waals surface area (Å²) in [5.74, 6) is -0.426. The van der Waals surface area contributed by atoms with Gasteiger partial charge in [0.1, 0.15) is 18.2 Å². The number of nitriles is 1. The van der Waals surface area contributed by atoms with Crippen molar-refractivity contribution in [2.24, 2.45) is 0 Å². The molecule has 0 bridgehead atoms. The highest BCUT2D eigenvalue weighted by Crippen LogP contribution is 2.24. The zero-order valence-electron chi connectivity index (χ0n) is 18.0. The summed E-state index contributed by atoms with van der Waals surface area (Å²) in [5, 5.41) is 16.4. The number of aromatic nitrogens is 1. The number of amides is 2. The standard InChI is InChI=1S/C24H30N4O3/c1-31-13-7-12-26-23(29)17-28-16-19(21-10-5-6-11-22(21)28)14-18(15-25)24(30)27-20-8-3-2-4-9-20/h5-6,10-11,14,16,20H,2-4,7-9,12-13,17H2,1H3,(H,26,29)(H,27,30). The second kappa shape index (κ2) is 11.3. The highest BCUT2D eigenvalue weighted by molar-refractivity contribution is 6.04. The number of hydrogen-bond donors (Lipinski definition) is 2. The predicted octanol–water partition coefficient (Wildman–Crippen LogP) is 3.15. The summed E-state index contributed by atoms with van der Waals surface area (Å²) in [5.41, 5.74) is 1.71. The zero-order chi connectivity index (χ0) is 22.1. The number of ether oxygens (including phenoxy) is 1. The van der Waals surface area contributed by atoms with Gasteiger partial charge in [-0.25, -0.2) is 0 Å². The molecule has 2 aromatic rings. The minimum Gasteiger partial charge on any atom is -0.385 e. The van der Waals surface area contributed by atoms with Crippen molar-refractivity contribution in [3.8, 4) is 6.07 Å². The predicted molar refractivity (Wildman–Crippen MR) is 120 cm³/mol. The highest BCUT2D eigenvalue weighted by Gasteiger charge is 2.19. The Hall–Kier alpha value is -3.11. The minimum atomic E-state index is -0.331. The average Bonchev–Trinajstić information content (AvgIpc) is 3.13. The molecule has 1 aliphatic carbocycles. The highest BCUT2D eigenvalue weighted by atomic mass is 16.5. The molecule has 1 aromatic carbocycles. The van der Waals surface area contributed by atoms with Crippen molar-refractivity contribution in [1.82, 2.24) is 15.2 Å². The van der Waals surface area contributed by atoms with Gasteiger partial charge in [-0.05, 0) is 31.4 Å². The molecule has 1 fully saturated rings. The van der Waals surface area contributed by atoms with E-state index in [0.29, 0.717) is 13.2 Å². The molecule has 0 radical (unpaired) electrons. The normalized spacial score (nSPS) is 14.9. The first-order valence-electron chi connectivity index (χ1n) is 10.9. The van der Waals surface area contributed by atoms with Crippen LogP contribution in [0.3, 0.4) is 0 Å². The Labute approximate surface area is 183 Å². The quantitative estimate of drug-likeness (QED) is 0.369. The van der Waals surface area contributed by atoms with E-state index in [-0.39, 0.29) is 30.0 Å².